The highest BCUT2D eigenvalue weighted by atomic mass is 32.1. The van der Waals surface area contributed by atoms with Crippen molar-refractivity contribution in [3.8, 4) is 5.75 Å². The number of piperidine rings is 2. The molecule has 0 spiro atoms. The SMILES string of the molecule is COc1ccc2nc(N3CCC(C(=O)N4CCC(F)(F)CC4)CC3)sc2c1. The van der Waals surface area contributed by atoms with E-state index in [1.165, 1.54) is 0 Å². The van der Waals surface area contributed by atoms with Crippen LogP contribution in [0.2, 0.25) is 0 Å². The number of thiazole rings is 1. The van der Waals surface area contributed by atoms with Crippen LogP contribution < -0.4 is 9.64 Å². The van der Waals surface area contributed by atoms with Crippen LogP contribution in [0.25, 0.3) is 10.2 Å². The van der Waals surface area contributed by atoms with E-state index >= 15 is 0 Å². The van der Waals surface area contributed by atoms with Crippen molar-refractivity contribution in [1.29, 1.82) is 0 Å². The third-order valence-electron chi connectivity index (χ3n) is 5.51. The van der Waals surface area contributed by atoms with Gasteiger partial charge in [0.15, 0.2) is 5.13 Å². The van der Waals surface area contributed by atoms with Crippen LogP contribution in [0.1, 0.15) is 25.7 Å². The van der Waals surface area contributed by atoms with Crippen molar-refractivity contribution < 1.29 is 18.3 Å². The van der Waals surface area contributed by atoms with E-state index in [2.05, 4.69) is 4.90 Å². The van der Waals surface area contributed by atoms with Gasteiger partial charge in [-0.2, -0.15) is 0 Å². The van der Waals surface area contributed by atoms with Gasteiger partial charge in [0.2, 0.25) is 5.91 Å². The van der Waals surface area contributed by atoms with Gasteiger partial charge in [0.25, 0.3) is 5.92 Å². The minimum Gasteiger partial charge on any atom is -0.497 e. The van der Waals surface area contributed by atoms with Gasteiger partial charge in [-0.15, -0.1) is 0 Å². The number of carbonyl (C=O) groups excluding carboxylic acids is 1. The number of anilines is 1. The molecule has 8 heteroatoms. The number of nitrogens with zero attached hydrogens (tertiary/aromatic N) is 3. The summed E-state index contributed by atoms with van der Waals surface area (Å²) in [5, 5.41) is 0.960. The first-order chi connectivity index (χ1) is 12.9. The molecule has 0 atom stereocenters. The lowest BCUT2D eigenvalue weighted by Gasteiger charge is -2.37. The van der Waals surface area contributed by atoms with Gasteiger partial charge in [0, 0.05) is 44.9 Å². The number of amides is 1. The summed E-state index contributed by atoms with van der Waals surface area (Å²) < 4.78 is 32.9. The Morgan fingerprint density at radius 2 is 1.93 bits per heavy atom. The Bertz CT molecular complexity index is 823. The van der Waals surface area contributed by atoms with E-state index in [1.54, 1.807) is 23.3 Å². The molecule has 4 rings (SSSR count). The highest BCUT2D eigenvalue weighted by Crippen LogP contribution is 2.34. The molecule has 1 amide bonds. The second kappa shape index (κ2) is 7.22. The number of rotatable bonds is 3. The molecule has 0 saturated carbocycles. The zero-order valence-corrected chi connectivity index (χ0v) is 16.1. The third-order valence-corrected chi connectivity index (χ3v) is 6.58. The first-order valence-electron chi connectivity index (χ1n) is 9.31. The Kier molecular flexibility index (Phi) is 4.92. The number of alkyl halides is 2. The molecule has 2 aliphatic heterocycles. The van der Waals surface area contributed by atoms with Gasteiger partial charge in [-0.3, -0.25) is 4.79 Å². The molecule has 0 unspecified atom stereocenters. The average Bonchev–Trinajstić information content (AvgIpc) is 3.10. The quantitative estimate of drug-likeness (QED) is 0.794. The lowest BCUT2D eigenvalue weighted by atomic mass is 9.94. The molecule has 1 aromatic heterocycles. The molecule has 1 aromatic carbocycles. The molecule has 2 saturated heterocycles. The number of aromatic nitrogens is 1. The van der Waals surface area contributed by atoms with Crippen molar-refractivity contribution in [3.05, 3.63) is 18.2 Å². The Balaban J connectivity index is 1.37. The first kappa shape index (κ1) is 18.4. The van der Waals surface area contributed by atoms with Gasteiger partial charge >= 0.3 is 0 Å². The maximum atomic E-state index is 13.3. The van der Waals surface area contributed by atoms with Gasteiger partial charge in [-0.05, 0) is 31.0 Å². The van der Waals surface area contributed by atoms with Gasteiger partial charge < -0.3 is 14.5 Å². The molecular formula is C19H23F2N3O2S. The molecule has 3 heterocycles. The molecule has 0 bridgehead atoms. The Hall–Kier alpha value is -1.96. The summed E-state index contributed by atoms with van der Waals surface area (Å²) in [6, 6.07) is 5.84. The van der Waals surface area contributed by atoms with Crippen LogP contribution in [0.15, 0.2) is 18.2 Å². The molecule has 2 fully saturated rings. The number of hydrogen-bond donors (Lipinski definition) is 0. The minimum atomic E-state index is -2.62. The van der Waals surface area contributed by atoms with E-state index in [9.17, 15) is 13.6 Å². The molecule has 2 aromatic rings. The van der Waals surface area contributed by atoms with Crippen molar-refractivity contribution in [3.63, 3.8) is 0 Å². The Morgan fingerprint density at radius 3 is 2.59 bits per heavy atom. The summed E-state index contributed by atoms with van der Waals surface area (Å²) in [6.45, 7) is 1.87. The van der Waals surface area contributed by atoms with Crippen LogP contribution in [0.3, 0.4) is 0 Å². The van der Waals surface area contributed by atoms with Crippen molar-refractivity contribution in [1.82, 2.24) is 9.88 Å². The van der Waals surface area contributed by atoms with Gasteiger partial charge in [-0.25, -0.2) is 13.8 Å². The molecule has 0 radical (unpaired) electrons. The predicted octanol–water partition coefficient (Wildman–Crippen LogP) is 3.78. The standard InChI is InChI=1S/C19H23F2N3O2S/c1-26-14-2-3-15-16(12-14)27-18(22-15)24-8-4-13(5-9-24)17(25)23-10-6-19(20,21)7-11-23/h2-3,12-13H,4-11H2,1H3. The summed E-state index contributed by atoms with van der Waals surface area (Å²) in [4.78, 5) is 21.2. The summed E-state index contributed by atoms with van der Waals surface area (Å²) in [6.07, 6.45) is 1.05. The van der Waals surface area contributed by atoms with Gasteiger partial charge in [-0.1, -0.05) is 11.3 Å². The number of likely N-dealkylation sites (tertiary alicyclic amines) is 1. The van der Waals surface area contributed by atoms with Gasteiger partial charge in [0.05, 0.1) is 17.3 Å². The van der Waals surface area contributed by atoms with Crippen LogP contribution in [0.4, 0.5) is 13.9 Å². The van der Waals surface area contributed by atoms with Crippen molar-refractivity contribution in [2.75, 3.05) is 38.2 Å². The summed E-state index contributed by atoms with van der Waals surface area (Å²) in [5.41, 5.74) is 0.947. The van der Waals surface area contributed by atoms with Crippen LogP contribution in [-0.2, 0) is 4.79 Å². The predicted molar refractivity (Wildman–Crippen MR) is 102 cm³/mol. The Morgan fingerprint density at radius 1 is 1.22 bits per heavy atom. The van der Waals surface area contributed by atoms with E-state index in [-0.39, 0.29) is 37.8 Å². The second-order valence-corrected chi connectivity index (χ2v) is 8.28. The molecule has 146 valence electrons. The molecule has 5 nitrogen and oxygen atoms in total. The first-order valence-corrected chi connectivity index (χ1v) is 10.1. The number of fused-ring (bicyclic) bond motifs is 1. The highest BCUT2D eigenvalue weighted by molar-refractivity contribution is 7.22. The fraction of sp³-hybridized carbons (Fsp3) is 0.579. The van der Waals surface area contributed by atoms with E-state index in [0.29, 0.717) is 0 Å². The number of hydrogen-bond acceptors (Lipinski definition) is 5. The van der Waals surface area contributed by atoms with Crippen molar-refractivity contribution >= 4 is 32.6 Å². The highest BCUT2D eigenvalue weighted by Gasteiger charge is 2.38. The summed E-state index contributed by atoms with van der Waals surface area (Å²) in [5.74, 6) is -1.83. The average molecular weight is 395 g/mol. The van der Waals surface area contributed by atoms with Crippen LogP contribution in [0, 0.1) is 5.92 Å². The van der Waals surface area contributed by atoms with Gasteiger partial charge in [0.1, 0.15) is 5.75 Å². The minimum absolute atomic E-state index is 0.0409. The maximum Gasteiger partial charge on any atom is 0.251 e. The summed E-state index contributed by atoms with van der Waals surface area (Å²) >= 11 is 1.63. The van der Waals surface area contributed by atoms with E-state index < -0.39 is 5.92 Å². The normalized spacial score (nSPS) is 20.9. The zero-order valence-electron chi connectivity index (χ0n) is 15.3. The molecule has 0 aliphatic carbocycles. The number of benzene rings is 1. The fourth-order valence-electron chi connectivity index (χ4n) is 3.79. The van der Waals surface area contributed by atoms with Crippen molar-refractivity contribution in [2.45, 2.75) is 31.6 Å². The largest absolute Gasteiger partial charge is 0.497 e. The van der Waals surface area contributed by atoms with E-state index in [0.717, 1.165) is 47.0 Å². The van der Waals surface area contributed by atoms with Crippen LogP contribution in [-0.4, -0.2) is 55.0 Å². The number of methoxy groups -OCH3 is 1. The lowest BCUT2D eigenvalue weighted by molar-refractivity contribution is -0.142. The van der Waals surface area contributed by atoms with Crippen LogP contribution in [0.5, 0.6) is 5.75 Å². The maximum absolute atomic E-state index is 13.3. The molecule has 0 N–H and O–H groups in total. The molecule has 27 heavy (non-hydrogen) atoms. The smallest absolute Gasteiger partial charge is 0.251 e. The van der Waals surface area contributed by atoms with E-state index in [4.69, 9.17) is 9.72 Å². The number of halogens is 2. The molecular weight excluding hydrogens is 372 g/mol. The second-order valence-electron chi connectivity index (χ2n) is 7.27. The summed E-state index contributed by atoms with van der Waals surface area (Å²) in [7, 11) is 1.65. The third kappa shape index (κ3) is 3.85. The van der Waals surface area contributed by atoms with Crippen molar-refractivity contribution in [2.24, 2.45) is 5.92 Å². The number of carbonyl (C=O) groups is 1. The zero-order chi connectivity index (χ0) is 19.0. The lowest BCUT2D eigenvalue weighted by Crippen LogP contribution is -2.47. The Labute approximate surface area is 160 Å². The number of ether oxygens (including phenoxy) is 1. The monoisotopic (exact) mass is 395 g/mol. The molecule has 2 aliphatic rings. The van der Waals surface area contributed by atoms with E-state index in [1.807, 2.05) is 18.2 Å². The fourth-order valence-corrected chi connectivity index (χ4v) is 4.83. The van der Waals surface area contributed by atoms with Crippen LogP contribution >= 0.6 is 11.3 Å². The topological polar surface area (TPSA) is 45.7 Å².